The van der Waals surface area contributed by atoms with E-state index >= 15 is 0 Å². The quantitative estimate of drug-likeness (QED) is 0.870. The summed E-state index contributed by atoms with van der Waals surface area (Å²) in [6.07, 6.45) is 3.24. The van der Waals surface area contributed by atoms with Crippen molar-refractivity contribution >= 4 is 5.91 Å². The molecule has 1 aromatic rings. The maximum absolute atomic E-state index is 13.5. The zero-order valence-corrected chi connectivity index (χ0v) is 11.8. The van der Waals surface area contributed by atoms with Crippen LogP contribution in [0, 0.1) is 24.6 Å². The molecule has 0 spiro atoms. The minimum absolute atomic E-state index is 0.154. The molecule has 2 aliphatic rings. The Hall–Kier alpha value is -1.42. The zero-order valence-electron chi connectivity index (χ0n) is 11.8. The maximum atomic E-state index is 13.5. The number of halogens is 1. The van der Waals surface area contributed by atoms with Crippen LogP contribution in [0.15, 0.2) is 18.2 Å². The van der Waals surface area contributed by atoms with Crippen molar-refractivity contribution in [3.63, 3.8) is 0 Å². The average Bonchev–Trinajstić information content (AvgIpc) is 2.89. The molecule has 2 fully saturated rings. The molecular formula is C16H21FN2O. The van der Waals surface area contributed by atoms with Gasteiger partial charge in [0.25, 0.3) is 5.91 Å². The summed E-state index contributed by atoms with van der Waals surface area (Å²) >= 11 is 0. The Bertz CT molecular complexity index is 517. The van der Waals surface area contributed by atoms with Crippen molar-refractivity contribution in [3.05, 3.63) is 35.1 Å². The molecule has 0 radical (unpaired) electrons. The molecule has 0 bridgehead atoms. The van der Waals surface area contributed by atoms with E-state index in [2.05, 4.69) is 10.6 Å². The zero-order chi connectivity index (χ0) is 14.1. The predicted octanol–water partition coefficient (Wildman–Crippen LogP) is 2.25. The summed E-state index contributed by atoms with van der Waals surface area (Å²) in [4.78, 5) is 12.2. The Kier molecular flexibility index (Phi) is 3.74. The summed E-state index contributed by atoms with van der Waals surface area (Å²) in [5.41, 5.74) is 0.985. The fraction of sp³-hybridized carbons (Fsp3) is 0.562. The van der Waals surface area contributed by atoms with Crippen molar-refractivity contribution in [1.29, 1.82) is 0 Å². The molecule has 0 aromatic heterocycles. The van der Waals surface area contributed by atoms with Gasteiger partial charge in [0.2, 0.25) is 0 Å². The highest BCUT2D eigenvalue weighted by Gasteiger charge is 2.34. The molecule has 1 aromatic carbocycles. The molecule has 3 atom stereocenters. The minimum atomic E-state index is -0.318. The third kappa shape index (κ3) is 2.70. The summed E-state index contributed by atoms with van der Waals surface area (Å²) in [5, 5.41) is 6.48. The molecule has 4 heteroatoms. The number of rotatable bonds is 2. The van der Waals surface area contributed by atoms with Gasteiger partial charge < -0.3 is 10.6 Å². The van der Waals surface area contributed by atoms with E-state index in [1.54, 1.807) is 19.1 Å². The molecule has 3 nitrogen and oxygen atoms in total. The SMILES string of the molecule is Cc1ccc(C(=O)NC2CC[C@H]3CNC[C@H]3C2)cc1F. The molecule has 1 heterocycles. The van der Waals surface area contributed by atoms with Gasteiger partial charge in [-0.15, -0.1) is 0 Å². The standard InChI is InChI=1S/C16H21FN2O/c1-10-2-3-11(7-15(10)17)16(20)19-14-5-4-12-8-18-9-13(12)6-14/h2-3,7,12-14,18H,4-6,8-9H2,1H3,(H,19,20)/t12-,13+,14?/m0/s1. The van der Waals surface area contributed by atoms with Crippen LogP contribution in [0.1, 0.15) is 35.2 Å². The fourth-order valence-corrected chi connectivity index (χ4v) is 3.43. The van der Waals surface area contributed by atoms with Gasteiger partial charge in [-0.1, -0.05) is 6.07 Å². The first-order chi connectivity index (χ1) is 9.63. The molecule has 3 rings (SSSR count). The lowest BCUT2D eigenvalue weighted by molar-refractivity contribution is 0.0913. The highest BCUT2D eigenvalue weighted by Crippen LogP contribution is 2.32. The van der Waals surface area contributed by atoms with E-state index in [0.29, 0.717) is 17.0 Å². The van der Waals surface area contributed by atoms with Gasteiger partial charge >= 0.3 is 0 Å². The normalized spacial score (nSPS) is 29.0. The van der Waals surface area contributed by atoms with Crippen molar-refractivity contribution in [2.24, 2.45) is 11.8 Å². The first-order valence-electron chi connectivity index (χ1n) is 7.41. The first-order valence-corrected chi connectivity index (χ1v) is 7.41. The number of aryl methyl sites for hydroxylation is 1. The van der Waals surface area contributed by atoms with Crippen LogP contribution in [0.4, 0.5) is 4.39 Å². The van der Waals surface area contributed by atoms with Crippen molar-refractivity contribution in [2.75, 3.05) is 13.1 Å². The molecule has 1 aliphatic heterocycles. The molecular weight excluding hydrogens is 255 g/mol. The number of benzene rings is 1. The van der Waals surface area contributed by atoms with Gasteiger partial charge in [0.1, 0.15) is 5.82 Å². The van der Waals surface area contributed by atoms with Crippen LogP contribution < -0.4 is 10.6 Å². The van der Waals surface area contributed by atoms with Crippen molar-refractivity contribution in [1.82, 2.24) is 10.6 Å². The summed E-state index contributed by atoms with van der Waals surface area (Å²) < 4.78 is 13.5. The summed E-state index contributed by atoms with van der Waals surface area (Å²) in [6, 6.07) is 4.90. The molecule has 1 amide bonds. The number of carbonyl (C=O) groups excluding carboxylic acids is 1. The summed E-state index contributed by atoms with van der Waals surface area (Å²) in [5.74, 6) is 0.989. The number of fused-ring (bicyclic) bond motifs is 1. The highest BCUT2D eigenvalue weighted by atomic mass is 19.1. The molecule has 1 saturated carbocycles. The van der Waals surface area contributed by atoms with Gasteiger partial charge in [-0.05, 0) is 68.8 Å². The molecule has 108 valence electrons. The van der Waals surface area contributed by atoms with Crippen molar-refractivity contribution in [2.45, 2.75) is 32.2 Å². The van der Waals surface area contributed by atoms with Crippen LogP contribution >= 0.6 is 0 Å². The molecule has 2 N–H and O–H groups in total. The lowest BCUT2D eigenvalue weighted by atomic mass is 9.79. The smallest absolute Gasteiger partial charge is 0.251 e. The Balaban J connectivity index is 1.62. The topological polar surface area (TPSA) is 41.1 Å². The van der Waals surface area contributed by atoms with Crippen LogP contribution in [-0.4, -0.2) is 25.0 Å². The lowest BCUT2D eigenvalue weighted by Crippen LogP contribution is -2.40. The van der Waals surface area contributed by atoms with Crippen LogP contribution in [0.2, 0.25) is 0 Å². The molecule has 1 unspecified atom stereocenters. The van der Waals surface area contributed by atoms with E-state index < -0.39 is 0 Å². The number of hydrogen-bond donors (Lipinski definition) is 2. The second-order valence-electron chi connectivity index (χ2n) is 6.13. The monoisotopic (exact) mass is 276 g/mol. The van der Waals surface area contributed by atoms with E-state index in [4.69, 9.17) is 0 Å². The Morgan fingerprint density at radius 3 is 2.90 bits per heavy atom. The first kappa shape index (κ1) is 13.6. The van der Waals surface area contributed by atoms with Crippen LogP contribution in [0.5, 0.6) is 0 Å². The van der Waals surface area contributed by atoms with Gasteiger partial charge in [-0.25, -0.2) is 4.39 Å². The van der Waals surface area contributed by atoms with Crippen molar-refractivity contribution in [3.8, 4) is 0 Å². The van der Waals surface area contributed by atoms with Gasteiger partial charge in [0, 0.05) is 11.6 Å². The summed E-state index contributed by atoms with van der Waals surface area (Å²) in [6.45, 7) is 3.89. The Morgan fingerprint density at radius 2 is 2.10 bits per heavy atom. The number of nitrogens with one attached hydrogen (secondary N) is 2. The number of hydrogen-bond acceptors (Lipinski definition) is 2. The van der Waals surface area contributed by atoms with E-state index in [9.17, 15) is 9.18 Å². The van der Waals surface area contributed by atoms with Crippen LogP contribution in [0.3, 0.4) is 0 Å². The molecule has 20 heavy (non-hydrogen) atoms. The third-order valence-electron chi connectivity index (χ3n) is 4.72. The van der Waals surface area contributed by atoms with Crippen molar-refractivity contribution < 1.29 is 9.18 Å². The molecule has 1 aliphatic carbocycles. The van der Waals surface area contributed by atoms with Gasteiger partial charge in [-0.3, -0.25) is 4.79 Å². The number of carbonyl (C=O) groups is 1. The number of amides is 1. The van der Waals surface area contributed by atoms with Gasteiger partial charge in [0.05, 0.1) is 0 Å². The lowest BCUT2D eigenvalue weighted by Gasteiger charge is -2.31. The summed E-state index contributed by atoms with van der Waals surface area (Å²) in [7, 11) is 0. The van der Waals surface area contributed by atoms with E-state index in [1.807, 2.05) is 0 Å². The van der Waals surface area contributed by atoms with E-state index in [0.717, 1.165) is 31.8 Å². The Morgan fingerprint density at radius 1 is 1.30 bits per heavy atom. The largest absolute Gasteiger partial charge is 0.349 e. The fourth-order valence-electron chi connectivity index (χ4n) is 3.43. The van der Waals surface area contributed by atoms with Crippen LogP contribution in [0.25, 0.3) is 0 Å². The van der Waals surface area contributed by atoms with Gasteiger partial charge in [0.15, 0.2) is 0 Å². The highest BCUT2D eigenvalue weighted by molar-refractivity contribution is 5.94. The van der Waals surface area contributed by atoms with E-state index in [-0.39, 0.29) is 17.8 Å². The Labute approximate surface area is 118 Å². The molecule has 1 saturated heterocycles. The van der Waals surface area contributed by atoms with Crippen LogP contribution in [-0.2, 0) is 0 Å². The maximum Gasteiger partial charge on any atom is 0.251 e. The predicted molar refractivity (Wildman–Crippen MR) is 76.1 cm³/mol. The minimum Gasteiger partial charge on any atom is -0.349 e. The third-order valence-corrected chi connectivity index (χ3v) is 4.72. The average molecular weight is 276 g/mol. The second kappa shape index (κ2) is 5.52. The van der Waals surface area contributed by atoms with E-state index in [1.165, 1.54) is 12.5 Å². The second-order valence-corrected chi connectivity index (χ2v) is 6.13. The van der Waals surface area contributed by atoms with Gasteiger partial charge in [-0.2, -0.15) is 0 Å².